The predicted molar refractivity (Wildman–Crippen MR) is 93.2 cm³/mol. The molecule has 2 aromatic rings. The SMILES string of the molecule is N#CC(=CNNCC(=Cc1ccccc1)c1ccccc1)C(=O)O. The molecule has 2 rings (SSSR count). The summed E-state index contributed by atoms with van der Waals surface area (Å²) in [5.41, 5.74) is 8.34. The Balaban J connectivity index is 2.12. The summed E-state index contributed by atoms with van der Waals surface area (Å²) in [6.07, 6.45) is 3.18. The van der Waals surface area contributed by atoms with Gasteiger partial charge in [0.2, 0.25) is 0 Å². The van der Waals surface area contributed by atoms with Crippen LogP contribution < -0.4 is 10.9 Å². The van der Waals surface area contributed by atoms with E-state index in [0.29, 0.717) is 6.54 Å². The van der Waals surface area contributed by atoms with Crippen LogP contribution in [0.5, 0.6) is 0 Å². The number of carboxylic acid groups (broad SMARTS) is 1. The maximum absolute atomic E-state index is 10.8. The van der Waals surface area contributed by atoms with Gasteiger partial charge in [0.05, 0.1) is 0 Å². The van der Waals surface area contributed by atoms with Gasteiger partial charge >= 0.3 is 5.97 Å². The Kier molecular flexibility index (Phi) is 6.33. The van der Waals surface area contributed by atoms with Gasteiger partial charge in [-0.05, 0) is 22.8 Å². The van der Waals surface area contributed by atoms with Crippen LogP contribution in [0.25, 0.3) is 11.6 Å². The average Bonchev–Trinajstić information content (AvgIpc) is 2.62. The first-order chi connectivity index (χ1) is 11.7. The van der Waals surface area contributed by atoms with Gasteiger partial charge in [0.1, 0.15) is 6.07 Å². The molecule has 0 aliphatic carbocycles. The van der Waals surface area contributed by atoms with E-state index in [-0.39, 0.29) is 5.57 Å². The van der Waals surface area contributed by atoms with Crippen LogP contribution in [0.2, 0.25) is 0 Å². The van der Waals surface area contributed by atoms with Gasteiger partial charge < -0.3 is 10.5 Å². The molecule has 24 heavy (non-hydrogen) atoms. The van der Waals surface area contributed by atoms with E-state index in [1.54, 1.807) is 6.07 Å². The summed E-state index contributed by atoms with van der Waals surface area (Å²) in [4.78, 5) is 10.8. The van der Waals surface area contributed by atoms with E-state index >= 15 is 0 Å². The normalized spacial score (nSPS) is 11.6. The fourth-order valence-corrected chi connectivity index (χ4v) is 2.05. The van der Waals surface area contributed by atoms with Gasteiger partial charge in [-0.15, -0.1) is 0 Å². The number of carboxylic acids is 1. The smallest absolute Gasteiger partial charge is 0.348 e. The Morgan fingerprint density at radius 2 is 1.71 bits per heavy atom. The largest absolute Gasteiger partial charge is 0.477 e. The van der Waals surface area contributed by atoms with Gasteiger partial charge in [-0.1, -0.05) is 60.7 Å². The van der Waals surface area contributed by atoms with Crippen molar-refractivity contribution < 1.29 is 9.90 Å². The highest BCUT2D eigenvalue weighted by Gasteiger charge is 2.05. The van der Waals surface area contributed by atoms with Gasteiger partial charge in [0.15, 0.2) is 5.57 Å². The van der Waals surface area contributed by atoms with Crippen molar-refractivity contribution in [3.8, 4) is 6.07 Å². The zero-order valence-corrected chi connectivity index (χ0v) is 12.9. The van der Waals surface area contributed by atoms with Crippen LogP contribution in [0, 0.1) is 11.3 Å². The van der Waals surface area contributed by atoms with Gasteiger partial charge in [-0.2, -0.15) is 5.26 Å². The molecule has 0 atom stereocenters. The number of hydrogen-bond acceptors (Lipinski definition) is 4. The molecule has 0 saturated heterocycles. The predicted octanol–water partition coefficient (Wildman–Crippen LogP) is 2.81. The van der Waals surface area contributed by atoms with Crippen molar-refractivity contribution in [1.82, 2.24) is 10.9 Å². The zero-order valence-electron chi connectivity index (χ0n) is 12.9. The summed E-state index contributed by atoms with van der Waals surface area (Å²) in [6.45, 7) is 0.452. The first-order valence-electron chi connectivity index (χ1n) is 7.33. The highest BCUT2D eigenvalue weighted by molar-refractivity contribution is 5.90. The molecule has 3 N–H and O–H groups in total. The van der Waals surface area contributed by atoms with Crippen molar-refractivity contribution in [1.29, 1.82) is 5.26 Å². The summed E-state index contributed by atoms with van der Waals surface area (Å²) in [5.74, 6) is -1.27. The minimum absolute atomic E-state index is 0.365. The number of rotatable bonds is 7. The molecule has 0 aliphatic rings. The molecule has 0 saturated carbocycles. The molecule has 0 bridgehead atoms. The van der Waals surface area contributed by atoms with E-state index in [0.717, 1.165) is 22.9 Å². The molecule has 0 aromatic heterocycles. The summed E-state index contributed by atoms with van der Waals surface area (Å²) in [7, 11) is 0. The Hall–Kier alpha value is -3.36. The lowest BCUT2D eigenvalue weighted by atomic mass is 10.0. The van der Waals surface area contributed by atoms with Crippen LogP contribution in [0.3, 0.4) is 0 Å². The molecule has 0 unspecified atom stereocenters. The molecule has 5 nitrogen and oxygen atoms in total. The second kappa shape index (κ2) is 8.93. The molecule has 5 heteroatoms. The molecular formula is C19H17N3O2. The number of benzene rings is 2. The van der Waals surface area contributed by atoms with Gasteiger partial charge in [-0.3, -0.25) is 0 Å². The Bertz CT molecular complexity index is 775. The Labute approximate surface area is 140 Å². The quantitative estimate of drug-likeness (QED) is 0.240. The van der Waals surface area contributed by atoms with E-state index in [2.05, 4.69) is 16.9 Å². The Morgan fingerprint density at radius 1 is 1.08 bits per heavy atom. The first kappa shape index (κ1) is 17.0. The van der Waals surface area contributed by atoms with Crippen molar-refractivity contribution in [2.75, 3.05) is 6.54 Å². The van der Waals surface area contributed by atoms with E-state index in [9.17, 15) is 4.79 Å². The van der Waals surface area contributed by atoms with Crippen LogP contribution in [0.1, 0.15) is 11.1 Å². The topological polar surface area (TPSA) is 85.2 Å². The van der Waals surface area contributed by atoms with E-state index in [1.807, 2.05) is 60.7 Å². The molecular weight excluding hydrogens is 302 g/mol. The van der Waals surface area contributed by atoms with Gasteiger partial charge in [-0.25, -0.2) is 10.2 Å². The molecule has 0 amide bonds. The average molecular weight is 319 g/mol. The molecule has 0 fully saturated rings. The zero-order chi connectivity index (χ0) is 17.2. The number of aliphatic carboxylic acids is 1. The third-order valence-corrected chi connectivity index (χ3v) is 3.23. The maximum atomic E-state index is 10.8. The van der Waals surface area contributed by atoms with Crippen molar-refractivity contribution in [2.45, 2.75) is 0 Å². The van der Waals surface area contributed by atoms with E-state index in [1.165, 1.54) is 0 Å². The monoisotopic (exact) mass is 319 g/mol. The highest BCUT2D eigenvalue weighted by Crippen LogP contribution is 2.17. The van der Waals surface area contributed by atoms with E-state index < -0.39 is 5.97 Å². The maximum Gasteiger partial charge on any atom is 0.348 e. The Morgan fingerprint density at radius 3 is 2.29 bits per heavy atom. The lowest BCUT2D eigenvalue weighted by Gasteiger charge is -2.10. The summed E-state index contributed by atoms with van der Waals surface area (Å²) < 4.78 is 0. The second-order valence-electron chi connectivity index (χ2n) is 4.92. The number of nitrogens with one attached hydrogen (secondary N) is 2. The minimum atomic E-state index is -1.27. The van der Waals surface area contributed by atoms with Crippen LogP contribution in [0.15, 0.2) is 72.4 Å². The minimum Gasteiger partial charge on any atom is -0.477 e. The molecule has 120 valence electrons. The third kappa shape index (κ3) is 5.13. The highest BCUT2D eigenvalue weighted by atomic mass is 16.4. The first-order valence-corrected chi connectivity index (χ1v) is 7.33. The van der Waals surface area contributed by atoms with Crippen molar-refractivity contribution in [3.05, 3.63) is 83.6 Å². The van der Waals surface area contributed by atoms with Gasteiger partial charge in [0, 0.05) is 12.7 Å². The third-order valence-electron chi connectivity index (χ3n) is 3.23. The summed E-state index contributed by atoms with van der Waals surface area (Å²) in [6, 6.07) is 21.4. The van der Waals surface area contributed by atoms with Crippen molar-refractivity contribution in [2.24, 2.45) is 0 Å². The summed E-state index contributed by atoms with van der Waals surface area (Å²) >= 11 is 0. The van der Waals surface area contributed by atoms with Crippen molar-refractivity contribution in [3.63, 3.8) is 0 Å². The fourth-order valence-electron chi connectivity index (χ4n) is 2.05. The van der Waals surface area contributed by atoms with Crippen LogP contribution in [-0.2, 0) is 4.79 Å². The van der Waals surface area contributed by atoms with Crippen molar-refractivity contribution >= 4 is 17.6 Å². The van der Waals surface area contributed by atoms with Crippen LogP contribution in [-0.4, -0.2) is 17.6 Å². The second-order valence-corrected chi connectivity index (χ2v) is 4.92. The molecule has 0 heterocycles. The molecule has 0 radical (unpaired) electrons. The van der Waals surface area contributed by atoms with Crippen LogP contribution >= 0.6 is 0 Å². The number of nitrogens with zero attached hydrogens (tertiary/aromatic N) is 1. The summed E-state index contributed by atoms with van der Waals surface area (Å²) in [5, 5.41) is 17.5. The number of hydrogen-bond donors (Lipinski definition) is 3. The van der Waals surface area contributed by atoms with E-state index in [4.69, 9.17) is 10.4 Å². The molecule has 2 aromatic carbocycles. The van der Waals surface area contributed by atoms with Crippen LogP contribution in [0.4, 0.5) is 0 Å². The number of hydrazine groups is 1. The molecule has 0 aliphatic heterocycles. The lowest BCUT2D eigenvalue weighted by Crippen LogP contribution is -2.29. The lowest BCUT2D eigenvalue weighted by molar-refractivity contribution is -0.132. The standard InChI is InChI=1S/C19H17N3O2/c20-12-18(19(23)24)14-22-21-13-17(16-9-5-2-6-10-16)11-15-7-3-1-4-8-15/h1-11,14,21-22H,13H2,(H,23,24). The molecule has 0 spiro atoms. The number of carbonyl (C=O) groups is 1. The number of nitriles is 1. The van der Waals surface area contributed by atoms with Gasteiger partial charge in [0.25, 0.3) is 0 Å². The fraction of sp³-hybridized carbons (Fsp3) is 0.0526.